The van der Waals surface area contributed by atoms with Crippen LogP contribution in [-0.2, 0) is 9.59 Å². The van der Waals surface area contributed by atoms with Crippen molar-refractivity contribution in [1.82, 2.24) is 9.55 Å². The fourth-order valence-electron chi connectivity index (χ4n) is 2.40. The summed E-state index contributed by atoms with van der Waals surface area (Å²) < 4.78 is 2.93. The molecule has 0 saturated heterocycles. The Morgan fingerprint density at radius 3 is 2.52 bits per heavy atom. The van der Waals surface area contributed by atoms with E-state index in [0.29, 0.717) is 11.4 Å². The third-order valence-electron chi connectivity index (χ3n) is 3.51. The average molecular weight is 445 g/mol. The van der Waals surface area contributed by atoms with Crippen molar-refractivity contribution in [2.45, 2.75) is 12.1 Å². The molecule has 0 aliphatic carbocycles. The molecule has 0 saturated carbocycles. The maximum atomic E-state index is 12.3. The largest absolute Gasteiger partial charge is 0.326 e. The maximum Gasteiger partial charge on any atom is 0.234 e. The van der Waals surface area contributed by atoms with Gasteiger partial charge in [0.15, 0.2) is 5.16 Å². The van der Waals surface area contributed by atoms with Gasteiger partial charge in [0.2, 0.25) is 11.8 Å². The van der Waals surface area contributed by atoms with Crippen molar-refractivity contribution in [3.05, 3.63) is 65.4 Å². The summed E-state index contributed by atoms with van der Waals surface area (Å²) >= 11 is 4.77. The first-order valence-electron chi connectivity index (χ1n) is 8.11. The zero-order valence-corrected chi connectivity index (χ0v) is 16.9. The lowest BCUT2D eigenvalue weighted by Gasteiger charge is -2.09. The van der Waals surface area contributed by atoms with Crippen LogP contribution in [0.3, 0.4) is 0 Å². The number of nitrogens with one attached hydrogen (secondary N) is 2. The second-order valence-corrected chi connectivity index (χ2v) is 7.51. The lowest BCUT2D eigenvalue weighted by molar-refractivity contribution is -0.114. The Morgan fingerprint density at radius 2 is 1.81 bits per heavy atom. The van der Waals surface area contributed by atoms with E-state index in [1.54, 1.807) is 30.5 Å². The molecule has 1 heterocycles. The number of anilines is 2. The van der Waals surface area contributed by atoms with Crippen LogP contribution < -0.4 is 10.6 Å². The van der Waals surface area contributed by atoms with Crippen molar-refractivity contribution >= 4 is 50.9 Å². The molecule has 138 valence electrons. The number of rotatable bonds is 6. The highest BCUT2D eigenvalue weighted by Gasteiger charge is 2.10. The van der Waals surface area contributed by atoms with Gasteiger partial charge in [-0.05, 0) is 42.5 Å². The molecule has 0 aliphatic rings. The molecule has 6 nitrogen and oxygen atoms in total. The quantitative estimate of drug-likeness (QED) is 0.554. The van der Waals surface area contributed by atoms with Crippen molar-refractivity contribution < 1.29 is 9.59 Å². The number of aromatic nitrogens is 2. The summed E-state index contributed by atoms with van der Waals surface area (Å²) in [6.07, 6.45) is 3.57. The van der Waals surface area contributed by atoms with E-state index in [9.17, 15) is 9.59 Å². The van der Waals surface area contributed by atoms with Crippen LogP contribution in [0.2, 0.25) is 0 Å². The summed E-state index contributed by atoms with van der Waals surface area (Å²) in [5, 5.41) is 6.26. The molecular formula is C19H17BrN4O2S. The fourth-order valence-corrected chi connectivity index (χ4v) is 3.44. The number of hydrogen-bond acceptors (Lipinski definition) is 4. The number of imidazole rings is 1. The minimum Gasteiger partial charge on any atom is -0.326 e. The molecule has 8 heteroatoms. The van der Waals surface area contributed by atoms with Gasteiger partial charge in [-0.3, -0.25) is 14.2 Å². The first kappa shape index (κ1) is 19.2. The van der Waals surface area contributed by atoms with Crippen LogP contribution in [0.15, 0.2) is 70.6 Å². The summed E-state index contributed by atoms with van der Waals surface area (Å²) in [7, 11) is 0. The van der Waals surface area contributed by atoms with Gasteiger partial charge in [-0.25, -0.2) is 4.98 Å². The van der Waals surface area contributed by atoms with Gasteiger partial charge in [-0.1, -0.05) is 33.8 Å². The number of benzene rings is 2. The second-order valence-electron chi connectivity index (χ2n) is 5.66. The Kier molecular flexibility index (Phi) is 6.31. The summed E-state index contributed by atoms with van der Waals surface area (Å²) in [5.41, 5.74) is 2.24. The Balaban J connectivity index is 1.61. The SMILES string of the molecule is CC(=O)Nc1cccc(NC(=O)CSc2nccn2-c2ccc(Br)cc2)c1. The van der Waals surface area contributed by atoms with Crippen molar-refractivity contribution in [3.63, 3.8) is 0 Å². The number of hydrogen-bond donors (Lipinski definition) is 2. The van der Waals surface area contributed by atoms with E-state index in [2.05, 4.69) is 31.5 Å². The maximum absolute atomic E-state index is 12.3. The Hall–Kier alpha value is -2.58. The molecule has 2 N–H and O–H groups in total. The van der Waals surface area contributed by atoms with Gasteiger partial charge in [0, 0.05) is 40.9 Å². The first-order chi connectivity index (χ1) is 13.0. The van der Waals surface area contributed by atoms with Crippen LogP contribution in [0, 0.1) is 0 Å². The molecule has 0 atom stereocenters. The first-order valence-corrected chi connectivity index (χ1v) is 9.89. The van der Waals surface area contributed by atoms with Crippen molar-refractivity contribution in [2.24, 2.45) is 0 Å². The molecule has 0 spiro atoms. The summed E-state index contributed by atoms with van der Waals surface area (Å²) in [6, 6.07) is 14.9. The number of nitrogens with zero attached hydrogens (tertiary/aromatic N) is 2. The van der Waals surface area contributed by atoms with Crippen molar-refractivity contribution in [3.8, 4) is 5.69 Å². The van der Waals surface area contributed by atoms with E-state index in [0.717, 1.165) is 15.3 Å². The fraction of sp³-hybridized carbons (Fsp3) is 0.105. The average Bonchev–Trinajstić information content (AvgIpc) is 3.09. The van der Waals surface area contributed by atoms with E-state index in [1.807, 2.05) is 35.0 Å². The minimum atomic E-state index is -0.159. The van der Waals surface area contributed by atoms with Gasteiger partial charge in [0.25, 0.3) is 0 Å². The van der Waals surface area contributed by atoms with E-state index >= 15 is 0 Å². The summed E-state index contributed by atoms with van der Waals surface area (Å²) in [4.78, 5) is 27.7. The lowest BCUT2D eigenvalue weighted by Crippen LogP contribution is -2.15. The molecule has 1 aromatic heterocycles. The minimum absolute atomic E-state index is 0.148. The third-order valence-corrected chi connectivity index (χ3v) is 5.01. The van der Waals surface area contributed by atoms with Gasteiger partial charge in [0.05, 0.1) is 5.75 Å². The molecule has 0 bridgehead atoms. The molecule has 27 heavy (non-hydrogen) atoms. The van der Waals surface area contributed by atoms with E-state index in [4.69, 9.17) is 0 Å². The van der Waals surface area contributed by atoms with E-state index in [1.165, 1.54) is 18.7 Å². The van der Waals surface area contributed by atoms with Gasteiger partial charge < -0.3 is 10.6 Å². The predicted octanol–water partition coefficient (Wildman–Crippen LogP) is 4.32. The van der Waals surface area contributed by atoms with Crippen LogP contribution in [0.5, 0.6) is 0 Å². The van der Waals surface area contributed by atoms with Crippen LogP contribution >= 0.6 is 27.7 Å². The molecule has 2 aromatic carbocycles. The van der Waals surface area contributed by atoms with Gasteiger partial charge in [-0.15, -0.1) is 0 Å². The van der Waals surface area contributed by atoms with Crippen LogP contribution in [0.25, 0.3) is 5.69 Å². The molecule has 0 aliphatic heterocycles. The van der Waals surface area contributed by atoms with Crippen LogP contribution in [0.1, 0.15) is 6.92 Å². The van der Waals surface area contributed by atoms with E-state index in [-0.39, 0.29) is 17.6 Å². The Morgan fingerprint density at radius 1 is 1.11 bits per heavy atom. The lowest BCUT2D eigenvalue weighted by atomic mass is 10.2. The zero-order valence-electron chi connectivity index (χ0n) is 14.5. The van der Waals surface area contributed by atoms with Crippen LogP contribution in [0.4, 0.5) is 11.4 Å². The van der Waals surface area contributed by atoms with Gasteiger partial charge >= 0.3 is 0 Å². The normalized spacial score (nSPS) is 10.4. The van der Waals surface area contributed by atoms with Gasteiger partial charge in [0.1, 0.15) is 0 Å². The zero-order chi connectivity index (χ0) is 19.2. The van der Waals surface area contributed by atoms with Crippen molar-refractivity contribution in [2.75, 3.05) is 16.4 Å². The van der Waals surface area contributed by atoms with Crippen molar-refractivity contribution in [1.29, 1.82) is 0 Å². The Labute approximate surface area is 169 Å². The molecule has 0 radical (unpaired) electrons. The molecule has 3 rings (SSSR count). The highest BCUT2D eigenvalue weighted by Crippen LogP contribution is 2.22. The second kappa shape index (κ2) is 8.88. The molecule has 3 aromatic rings. The smallest absolute Gasteiger partial charge is 0.234 e. The standard InChI is InChI=1S/C19H17BrN4O2S/c1-13(25)22-15-3-2-4-16(11-15)23-18(26)12-27-19-21-9-10-24(19)17-7-5-14(20)6-8-17/h2-11H,12H2,1H3,(H,22,25)(H,23,26). The molecule has 2 amide bonds. The third kappa shape index (κ3) is 5.45. The predicted molar refractivity (Wildman–Crippen MR) is 111 cm³/mol. The number of halogens is 1. The highest BCUT2D eigenvalue weighted by molar-refractivity contribution is 9.10. The number of amides is 2. The molecule has 0 unspecified atom stereocenters. The number of carbonyl (C=O) groups excluding carboxylic acids is 2. The summed E-state index contributed by atoms with van der Waals surface area (Å²) in [6.45, 7) is 1.44. The highest BCUT2D eigenvalue weighted by atomic mass is 79.9. The van der Waals surface area contributed by atoms with Gasteiger partial charge in [-0.2, -0.15) is 0 Å². The number of carbonyl (C=O) groups is 2. The molecular weight excluding hydrogens is 428 g/mol. The molecule has 0 fully saturated rings. The van der Waals surface area contributed by atoms with Crippen LogP contribution in [-0.4, -0.2) is 27.1 Å². The number of thioether (sulfide) groups is 1. The Bertz CT molecular complexity index is 956. The topological polar surface area (TPSA) is 76.0 Å². The van der Waals surface area contributed by atoms with E-state index < -0.39 is 0 Å². The monoisotopic (exact) mass is 444 g/mol. The summed E-state index contributed by atoms with van der Waals surface area (Å²) in [5.74, 6) is -0.0862.